The van der Waals surface area contributed by atoms with Crippen LogP contribution in [0.15, 0.2) is 44.4 Å². The number of aromatic hydroxyl groups is 2. The van der Waals surface area contributed by atoms with Gasteiger partial charge in [-0.25, -0.2) is 5.43 Å². The molecule has 0 saturated heterocycles. The number of carbonyl (C=O) groups excluding carboxylic acids is 1. The molecule has 1 amide bonds. The molecule has 10 heteroatoms. The zero-order valence-corrected chi connectivity index (χ0v) is 14.9. The number of benzene rings is 2. The second-order valence-corrected chi connectivity index (χ2v) is 6.20. The topological polar surface area (TPSA) is 125 Å². The maximum absolute atomic E-state index is 12.0. The van der Waals surface area contributed by atoms with Gasteiger partial charge in [0.15, 0.2) is 5.75 Å². The molecule has 3 N–H and O–H groups in total. The van der Waals surface area contributed by atoms with Crippen LogP contribution in [-0.4, -0.2) is 27.3 Å². The highest BCUT2D eigenvalue weighted by atomic mass is 79.9. The highest BCUT2D eigenvalue weighted by Gasteiger charge is 2.13. The van der Waals surface area contributed by atoms with Gasteiger partial charge in [0.25, 0.3) is 5.91 Å². The van der Waals surface area contributed by atoms with Crippen LogP contribution in [0.5, 0.6) is 11.5 Å². The van der Waals surface area contributed by atoms with Gasteiger partial charge < -0.3 is 10.2 Å². The van der Waals surface area contributed by atoms with E-state index in [4.69, 9.17) is 0 Å². The third kappa shape index (κ3) is 4.09. The predicted octanol–water partition coefficient (Wildman–Crippen LogP) is 3.29. The predicted molar refractivity (Wildman–Crippen MR) is 93.3 cm³/mol. The van der Waals surface area contributed by atoms with Gasteiger partial charge in [0.1, 0.15) is 5.75 Å². The summed E-state index contributed by atoms with van der Waals surface area (Å²) in [5.74, 6) is -1.03. The van der Waals surface area contributed by atoms with Crippen LogP contribution in [0.25, 0.3) is 0 Å². The van der Waals surface area contributed by atoms with E-state index in [1.54, 1.807) is 0 Å². The van der Waals surface area contributed by atoms with Crippen molar-refractivity contribution in [2.45, 2.75) is 0 Å². The van der Waals surface area contributed by atoms with E-state index in [1.165, 1.54) is 24.4 Å². The lowest BCUT2D eigenvalue weighted by Gasteiger charge is -2.04. The molecule has 0 aliphatic rings. The Balaban J connectivity index is 2.13. The number of halogens is 2. The van der Waals surface area contributed by atoms with E-state index in [9.17, 15) is 25.1 Å². The Morgan fingerprint density at radius 2 is 1.83 bits per heavy atom. The monoisotopic (exact) mass is 457 g/mol. The van der Waals surface area contributed by atoms with Crippen molar-refractivity contribution in [1.29, 1.82) is 0 Å². The van der Waals surface area contributed by atoms with E-state index in [1.807, 2.05) is 0 Å². The molecule has 0 saturated carbocycles. The van der Waals surface area contributed by atoms with E-state index in [-0.39, 0.29) is 11.3 Å². The summed E-state index contributed by atoms with van der Waals surface area (Å²) in [5, 5.41) is 33.4. The second-order valence-electron chi connectivity index (χ2n) is 4.49. The molecule has 0 heterocycles. The Kier molecular flexibility index (Phi) is 5.52. The third-order valence-corrected chi connectivity index (χ3v) is 4.06. The minimum absolute atomic E-state index is 0.0357. The van der Waals surface area contributed by atoms with E-state index in [0.29, 0.717) is 14.5 Å². The molecule has 24 heavy (non-hydrogen) atoms. The Bertz CT molecular complexity index is 831. The minimum Gasteiger partial charge on any atom is -0.506 e. The lowest BCUT2D eigenvalue weighted by molar-refractivity contribution is -0.385. The molecule has 0 atom stereocenters. The first-order valence-electron chi connectivity index (χ1n) is 6.28. The fourth-order valence-electron chi connectivity index (χ4n) is 1.69. The standard InChI is InChI=1S/C14H9Br2N3O5/c15-9-4-8(5-10(16)13(9)21)14(22)18-17-6-7-1-2-12(20)11(3-7)19(23)24/h1-6,20-21H,(H,18,22)/b17-6-. The Hall–Kier alpha value is -2.46. The van der Waals surface area contributed by atoms with Gasteiger partial charge in [-0.15, -0.1) is 0 Å². The van der Waals surface area contributed by atoms with Crippen molar-refractivity contribution < 1.29 is 19.9 Å². The highest BCUT2D eigenvalue weighted by Crippen LogP contribution is 2.33. The molecule has 0 unspecified atom stereocenters. The number of nitro benzene ring substituents is 1. The van der Waals surface area contributed by atoms with Crippen molar-refractivity contribution in [3.05, 3.63) is 60.5 Å². The van der Waals surface area contributed by atoms with Gasteiger partial charge >= 0.3 is 5.69 Å². The Morgan fingerprint density at radius 3 is 2.42 bits per heavy atom. The average molecular weight is 459 g/mol. The second kappa shape index (κ2) is 7.41. The van der Waals surface area contributed by atoms with E-state index in [2.05, 4.69) is 42.4 Å². The summed E-state index contributed by atoms with van der Waals surface area (Å²) in [5.41, 5.74) is 2.36. The average Bonchev–Trinajstić information content (AvgIpc) is 2.53. The van der Waals surface area contributed by atoms with E-state index >= 15 is 0 Å². The summed E-state index contributed by atoms with van der Waals surface area (Å²) in [7, 11) is 0. The van der Waals surface area contributed by atoms with E-state index in [0.717, 1.165) is 12.1 Å². The summed E-state index contributed by atoms with van der Waals surface area (Å²) in [6.07, 6.45) is 1.20. The molecule has 2 rings (SSSR count). The largest absolute Gasteiger partial charge is 0.506 e. The van der Waals surface area contributed by atoms with Crippen LogP contribution in [0.3, 0.4) is 0 Å². The zero-order valence-electron chi connectivity index (χ0n) is 11.7. The van der Waals surface area contributed by atoms with Gasteiger partial charge in [0.2, 0.25) is 0 Å². The van der Waals surface area contributed by atoms with Crippen LogP contribution < -0.4 is 5.43 Å². The molecule has 124 valence electrons. The maximum atomic E-state index is 12.0. The zero-order chi connectivity index (χ0) is 17.9. The number of amides is 1. The van der Waals surface area contributed by atoms with Crippen LogP contribution in [0.4, 0.5) is 5.69 Å². The summed E-state index contributed by atoms with van der Waals surface area (Å²) in [6.45, 7) is 0. The van der Waals surface area contributed by atoms with Gasteiger partial charge in [0, 0.05) is 17.2 Å². The van der Waals surface area contributed by atoms with Crippen molar-refractivity contribution in [3.63, 3.8) is 0 Å². The maximum Gasteiger partial charge on any atom is 0.311 e. The molecule has 0 fully saturated rings. The van der Waals surface area contributed by atoms with Crippen molar-refractivity contribution >= 4 is 49.7 Å². The van der Waals surface area contributed by atoms with Crippen LogP contribution >= 0.6 is 31.9 Å². The van der Waals surface area contributed by atoms with Crippen molar-refractivity contribution in [3.8, 4) is 11.5 Å². The highest BCUT2D eigenvalue weighted by molar-refractivity contribution is 9.11. The van der Waals surface area contributed by atoms with Gasteiger partial charge in [-0.05, 0) is 56.1 Å². The first-order chi connectivity index (χ1) is 11.3. The molecule has 0 aliphatic heterocycles. The van der Waals surface area contributed by atoms with Gasteiger partial charge in [-0.1, -0.05) is 0 Å². The molecule has 2 aromatic rings. The molecule has 0 radical (unpaired) electrons. The fraction of sp³-hybridized carbons (Fsp3) is 0. The first-order valence-corrected chi connectivity index (χ1v) is 7.87. The van der Waals surface area contributed by atoms with Crippen LogP contribution in [-0.2, 0) is 0 Å². The molecule has 0 aromatic heterocycles. The minimum atomic E-state index is -0.725. The van der Waals surface area contributed by atoms with Gasteiger partial charge in [-0.2, -0.15) is 5.10 Å². The number of nitro groups is 1. The van der Waals surface area contributed by atoms with Crippen LogP contribution in [0.2, 0.25) is 0 Å². The quantitative estimate of drug-likeness (QED) is 0.368. The summed E-state index contributed by atoms with van der Waals surface area (Å²) in [6, 6.07) is 6.52. The number of hydrogen-bond donors (Lipinski definition) is 3. The van der Waals surface area contributed by atoms with Crippen molar-refractivity contribution in [1.82, 2.24) is 5.43 Å². The van der Waals surface area contributed by atoms with Gasteiger partial charge in [0.05, 0.1) is 20.1 Å². The summed E-state index contributed by atoms with van der Waals surface area (Å²) >= 11 is 6.22. The number of phenolic OH excluding ortho intramolecular Hbond substituents is 2. The molecular weight excluding hydrogens is 450 g/mol. The fourth-order valence-corrected chi connectivity index (χ4v) is 2.88. The number of nitrogens with zero attached hydrogens (tertiary/aromatic N) is 2. The number of carbonyl (C=O) groups is 1. The molecule has 0 aliphatic carbocycles. The Morgan fingerprint density at radius 1 is 1.21 bits per heavy atom. The first kappa shape index (κ1) is 17.9. The molecule has 0 spiro atoms. The lowest BCUT2D eigenvalue weighted by Crippen LogP contribution is -2.17. The lowest BCUT2D eigenvalue weighted by atomic mass is 10.2. The molecular formula is C14H9Br2N3O5. The van der Waals surface area contributed by atoms with Crippen molar-refractivity contribution in [2.75, 3.05) is 0 Å². The van der Waals surface area contributed by atoms with Crippen LogP contribution in [0, 0.1) is 10.1 Å². The number of hydrazone groups is 1. The van der Waals surface area contributed by atoms with Crippen LogP contribution in [0.1, 0.15) is 15.9 Å². The number of hydrogen-bond acceptors (Lipinski definition) is 6. The smallest absolute Gasteiger partial charge is 0.311 e. The molecule has 0 bridgehead atoms. The summed E-state index contributed by atoms with van der Waals surface area (Å²) in [4.78, 5) is 22.0. The van der Waals surface area contributed by atoms with E-state index < -0.39 is 22.3 Å². The molecule has 8 nitrogen and oxygen atoms in total. The number of nitrogens with one attached hydrogen (secondary N) is 1. The number of phenols is 2. The SMILES string of the molecule is O=C(N/N=C\c1ccc(O)c([N+](=O)[O-])c1)c1cc(Br)c(O)c(Br)c1. The molecule has 2 aromatic carbocycles. The third-order valence-electron chi connectivity index (χ3n) is 2.85. The van der Waals surface area contributed by atoms with Gasteiger partial charge in [-0.3, -0.25) is 14.9 Å². The Labute approximate surface area is 152 Å². The number of rotatable bonds is 4. The van der Waals surface area contributed by atoms with Crippen molar-refractivity contribution in [2.24, 2.45) is 5.10 Å². The normalized spacial score (nSPS) is 10.8. The summed E-state index contributed by atoms with van der Waals surface area (Å²) < 4.78 is 0.667.